The third-order valence-corrected chi connectivity index (χ3v) is 6.03. The van der Waals surface area contributed by atoms with Crippen molar-refractivity contribution in [1.29, 1.82) is 0 Å². The Morgan fingerprint density at radius 1 is 1.15 bits per heavy atom. The van der Waals surface area contributed by atoms with Crippen LogP contribution in [0, 0.1) is 17.3 Å². The molecular formula is C18H33NO. The Morgan fingerprint density at radius 2 is 1.95 bits per heavy atom. The second kappa shape index (κ2) is 5.28. The molecule has 5 unspecified atom stereocenters. The van der Waals surface area contributed by atoms with Gasteiger partial charge in [0.25, 0.3) is 0 Å². The molecule has 0 spiro atoms. The summed E-state index contributed by atoms with van der Waals surface area (Å²) in [6, 6.07) is 0. The van der Waals surface area contributed by atoms with Crippen molar-refractivity contribution in [2.75, 3.05) is 6.54 Å². The highest BCUT2D eigenvalue weighted by molar-refractivity contribution is 5.03. The third kappa shape index (κ3) is 3.06. The van der Waals surface area contributed by atoms with E-state index in [0.717, 1.165) is 11.8 Å². The van der Waals surface area contributed by atoms with Crippen LogP contribution in [0.25, 0.3) is 0 Å². The van der Waals surface area contributed by atoms with E-state index in [4.69, 9.17) is 4.74 Å². The summed E-state index contributed by atoms with van der Waals surface area (Å²) in [5.74, 6) is 1.97. The normalized spacial score (nSPS) is 44.4. The van der Waals surface area contributed by atoms with Crippen LogP contribution in [-0.2, 0) is 4.74 Å². The first kappa shape index (κ1) is 14.8. The molecular weight excluding hydrogens is 246 g/mol. The zero-order valence-corrected chi connectivity index (χ0v) is 13.9. The molecule has 1 saturated heterocycles. The van der Waals surface area contributed by atoms with Crippen LogP contribution in [-0.4, -0.2) is 24.3 Å². The monoisotopic (exact) mass is 279 g/mol. The van der Waals surface area contributed by atoms with E-state index in [-0.39, 0.29) is 5.54 Å². The molecule has 2 nitrogen and oxygen atoms in total. The lowest BCUT2D eigenvalue weighted by molar-refractivity contribution is 0.00249. The van der Waals surface area contributed by atoms with Gasteiger partial charge in [-0.15, -0.1) is 0 Å². The smallest absolute Gasteiger partial charge is 0.0585 e. The number of fused-ring (bicyclic) bond motifs is 2. The molecule has 2 aliphatic carbocycles. The van der Waals surface area contributed by atoms with Gasteiger partial charge in [-0.1, -0.05) is 6.42 Å². The molecule has 2 heteroatoms. The van der Waals surface area contributed by atoms with Gasteiger partial charge in [0.15, 0.2) is 0 Å². The number of rotatable bonds is 4. The van der Waals surface area contributed by atoms with Crippen LogP contribution in [0.3, 0.4) is 0 Å². The highest BCUT2D eigenvalue weighted by Crippen LogP contribution is 2.58. The van der Waals surface area contributed by atoms with Crippen LogP contribution in [0.2, 0.25) is 0 Å². The molecule has 0 aromatic carbocycles. The first-order valence-electron chi connectivity index (χ1n) is 8.77. The van der Waals surface area contributed by atoms with Gasteiger partial charge in [-0.05, 0) is 83.5 Å². The molecule has 3 fully saturated rings. The lowest BCUT2D eigenvalue weighted by Gasteiger charge is -2.42. The Balaban J connectivity index is 1.67. The molecule has 0 radical (unpaired) electrons. The Bertz CT molecular complexity index is 348. The molecule has 2 saturated carbocycles. The second-order valence-electron chi connectivity index (χ2n) is 8.90. The molecule has 3 aliphatic rings. The first-order valence-corrected chi connectivity index (χ1v) is 8.77. The predicted molar refractivity (Wildman–Crippen MR) is 83.8 cm³/mol. The number of nitrogens with one attached hydrogen (secondary N) is 1. The van der Waals surface area contributed by atoms with Gasteiger partial charge in [-0.3, -0.25) is 0 Å². The van der Waals surface area contributed by atoms with E-state index in [2.05, 4.69) is 33.0 Å². The van der Waals surface area contributed by atoms with Crippen LogP contribution >= 0.6 is 0 Å². The zero-order chi connectivity index (χ0) is 14.4. The second-order valence-corrected chi connectivity index (χ2v) is 8.90. The molecule has 116 valence electrons. The lowest BCUT2D eigenvalue weighted by Crippen LogP contribution is -2.47. The topological polar surface area (TPSA) is 21.3 Å². The highest BCUT2D eigenvalue weighted by Gasteiger charge is 2.52. The van der Waals surface area contributed by atoms with Crippen LogP contribution < -0.4 is 5.32 Å². The van der Waals surface area contributed by atoms with Gasteiger partial charge in [0.1, 0.15) is 0 Å². The van der Waals surface area contributed by atoms with Gasteiger partial charge in [0.05, 0.1) is 12.2 Å². The van der Waals surface area contributed by atoms with Gasteiger partial charge in [-0.25, -0.2) is 0 Å². The van der Waals surface area contributed by atoms with Crippen molar-refractivity contribution in [1.82, 2.24) is 5.32 Å². The van der Waals surface area contributed by atoms with Crippen LogP contribution in [0.15, 0.2) is 0 Å². The Labute approximate surface area is 125 Å². The van der Waals surface area contributed by atoms with E-state index in [1.54, 1.807) is 0 Å². The average Bonchev–Trinajstić information content (AvgIpc) is 3.02. The molecule has 1 heterocycles. The van der Waals surface area contributed by atoms with Gasteiger partial charge in [0, 0.05) is 12.1 Å². The fourth-order valence-electron chi connectivity index (χ4n) is 5.03. The highest BCUT2D eigenvalue weighted by atomic mass is 16.5. The van der Waals surface area contributed by atoms with Crippen molar-refractivity contribution in [3.05, 3.63) is 0 Å². The molecule has 3 rings (SSSR count). The van der Waals surface area contributed by atoms with E-state index >= 15 is 0 Å². The maximum absolute atomic E-state index is 6.16. The molecule has 5 atom stereocenters. The largest absolute Gasteiger partial charge is 0.375 e. The molecule has 1 N–H and O–H groups in total. The molecule has 2 bridgehead atoms. The minimum atomic E-state index is 0.235. The maximum atomic E-state index is 6.16. The van der Waals surface area contributed by atoms with Crippen molar-refractivity contribution in [3.63, 3.8) is 0 Å². The van der Waals surface area contributed by atoms with Crippen molar-refractivity contribution < 1.29 is 4.74 Å². The summed E-state index contributed by atoms with van der Waals surface area (Å²) < 4.78 is 6.16. The summed E-state index contributed by atoms with van der Waals surface area (Å²) in [7, 11) is 0. The molecule has 20 heavy (non-hydrogen) atoms. The van der Waals surface area contributed by atoms with Crippen LogP contribution in [0.5, 0.6) is 0 Å². The van der Waals surface area contributed by atoms with Gasteiger partial charge in [0.2, 0.25) is 0 Å². The van der Waals surface area contributed by atoms with E-state index < -0.39 is 0 Å². The SMILES string of the molecule is CC1CCC(CC2(CNC(C)(C)C)CC3CCC2C3)O1. The minimum absolute atomic E-state index is 0.235. The molecule has 0 aromatic heterocycles. The van der Waals surface area contributed by atoms with Gasteiger partial charge < -0.3 is 10.1 Å². The number of ether oxygens (including phenoxy) is 1. The molecule has 0 amide bonds. The first-order chi connectivity index (χ1) is 9.36. The molecule has 0 aromatic rings. The van der Waals surface area contributed by atoms with E-state index in [0.29, 0.717) is 17.6 Å². The quantitative estimate of drug-likeness (QED) is 0.835. The Kier molecular flexibility index (Phi) is 3.92. The Hall–Kier alpha value is -0.0800. The molecule has 1 aliphatic heterocycles. The van der Waals surface area contributed by atoms with Crippen LogP contribution in [0.4, 0.5) is 0 Å². The summed E-state index contributed by atoms with van der Waals surface area (Å²) in [5.41, 5.74) is 0.767. The fraction of sp³-hybridized carbons (Fsp3) is 1.00. The van der Waals surface area contributed by atoms with Crippen molar-refractivity contribution in [2.45, 2.75) is 90.4 Å². The summed E-state index contributed by atoms with van der Waals surface area (Å²) in [4.78, 5) is 0. The van der Waals surface area contributed by atoms with Crippen molar-refractivity contribution in [2.24, 2.45) is 17.3 Å². The number of hydrogen-bond acceptors (Lipinski definition) is 2. The standard InChI is InChI=1S/C18H33NO/c1-13-5-8-16(20-13)11-18(12-19-17(2,3)4)10-14-6-7-15(18)9-14/h13-16,19H,5-12H2,1-4H3. The van der Waals surface area contributed by atoms with Crippen molar-refractivity contribution in [3.8, 4) is 0 Å². The zero-order valence-electron chi connectivity index (χ0n) is 13.9. The van der Waals surface area contributed by atoms with E-state index in [9.17, 15) is 0 Å². The van der Waals surface area contributed by atoms with Gasteiger partial charge in [-0.2, -0.15) is 0 Å². The number of hydrogen-bond donors (Lipinski definition) is 1. The van der Waals surface area contributed by atoms with E-state index in [1.807, 2.05) is 0 Å². The third-order valence-electron chi connectivity index (χ3n) is 6.03. The fourth-order valence-corrected chi connectivity index (χ4v) is 5.03. The lowest BCUT2D eigenvalue weighted by atomic mass is 9.69. The summed E-state index contributed by atoms with van der Waals surface area (Å²) in [5, 5.41) is 3.82. The Morgan fingerprint density at radius 3 is 2.45 bits per heavy atom. The van der Waals surface area contributed by atoms with Crippen LogP contribution in [0.1, 0.15) is 72.6 Å². The predicted octanol–water partition coefficient (Wildman–Crippen LogP) is 4.14. The minimum Gasteiger partial charge on any atom is -0.375 e. The summed E-state index contributed by atoms with van der Waals surface area (Å²) >= 11 is 0. The van der Waals surface area contributed by atoms with E-state index in [1.165, 1.54) is 51.5 Å². The summed E-state index contributed by atoms with van der Waals surface area (Å²) in [6.07, 6.45) is 10.8. The summed E-state index contributed by atoms with van der Waals surface area (Å²) in [6.45, 7) is 10.3. The van der Waals surface area contributed by atoms with Gasteiger partial charge >= 0.3 is 0 Å². The maximum Gasteiger partial charge on any atom is 0.0585 e. The average molecular weight is 279 g/mol. The van der Waals surface area contributed by atoms with Crippen molar-refractivity contribution >= 4 is 0 Å².